The second-order valence-electron chi connectivity index (χ2n) is 5.09. The third-order valence-corrected chi connectivity index (χ3v) is 3.66. The fourth-order valence-electron chi connectivity index (χ4n) is 2.20. The predicted octanol–water partition coefficient (Wildman–Crippen LogP) is 4.11. The first-order chi connectivity index (χ1) is 11.2. The highest BCUT2D eigenvalue weighted by atomic mass is 35.5. The molecule has 0 aliphatic rings. The number of amides is 1. The minimum absolute atomic E-state index is 0.0972. The van der Waals surface area contributed by atoms with Crippen LogP contribution in [0.3, 0.4) is 0 Å². The van der Waals surface area contributed by atoms with Gasteiger partial charge in [0.25, 0.3) is 0 Å². The molecule has 0 saturated carbocycles. The number of ether oxygens (including phenoxy) is 1. The Balaban J connectivity index is 1.73. The van der Waals surface area contributed by atoms with Crippen molar-refractivity contribution in [3.8, 4) is 5.75 Å². The molecule has 0 radical (unpaired) electrons. The van der Waals surface area contributed by atoms with Gasteiger partial charge < -0.3 is 10.1 Å². The average molecular weight is 330 g/mol. The molecule has 0 aromatic heterocycles. The molecule has 0 aliphatic carbocycles. The Hall–Kier alpha value is -2.26. The number of aryl methyl sites for hydroxylation is 1. The molecule has 3 nitrogen and oxygen atoms in total. The van der Waals surface area contributed by atoms with Crippen LogP contribution in [0.15, 0.2) is 54.6 Å². The molecule has 0 atom stereocenters. The van der Waals surface area contributed by atoms with Crippen molar-refractivity contribution in [3.63, 3.8) is 0 Å². The van der Waals surface area contributed by atoms with Gasteiger partial charge >= 0.3 is 0 Å². The highest BCUT2D eigenvalue weighted by Crippen LogP contribution is 2.18. The SMILES string of the molecule is COc1ccccc1CCCNC(=O)/C=C/c1ccc(Cl)cc1. The van der Waals surface area contributed by atoms with Crippen LogP contribution in [-0.2, 0) is 11.2 Å². The number of rotatable bonds is 7. The lowest BCUT2D eigenvalue weighted by Gasteiger charge is -2.08. The summed E-state index contributed by atoms with van der Waals surface area (Å²) in [7, 11) is 1.67. The van der Waals surface area contributed by atoms with Crippen molar-refractivity contribution in [2.45, 2.75) is 12.8 Å². The van der Waals surface area contributed by atoms with Gasteiger partial charge in [-0.25, -0.2) is 0 Å². The van der Waals surface area contributed by atoms with Gasteiger partial charge in [-0.15, -0.1) is 0 Å². The topological polar surface area (TPSA) is 38.3 Å². The Morgan fingerprint density at radius 3 is 2.65 bits per heavy atom. The van der Waals surface area contributed by atoms with E-state index in [1.165, 1.54) is 6.08 Å². The molecule has 2 aromatic rings. The Labute approximate surface area is 141 Å². The van der Waals surface area contributed by atoms with Crippen LogP contribution >= 0.6 is 11.6 Å². The van der Waals surface area contributed by atoms with Crippen molar-refractivity contribution in [2.75, 3.05) is 13.7 Å². The molecular formula is C19H20ClNO2. The summed E-state index contributed by atoms with van der Waals surface area (Å²) in [6.45, 7) is 0.627. The van der Waals surface area contributed by atoms with Gasteiger partial charge in [-0.05, 0) is 48.2 Å². The van der Waals surface area contributed by atoms with Crippen molar-refractivity contribution in [2.24, 2.45) is 0 Å². The molecule has 120 valence electrons. The van der Waals surface area contributed by atoms with E-state index in [0.717, 1.165) is 29.7 Å². The first-order valence-corrected chi connectivity index (χ1v) is 7.90. The Morgan fingerprint density at radius 2 is 1.91 bits per heavy atom. The number of hydrogen-bond donors (Lipinski definition) is 1. The highest BCUT2D eigenvalue weighted by molar-refractivity contribution is 6.30. The predicted molar refractivity (Wildman–Crippen MR) is 94.8 cm³/mol. The lowest BCUT2D eigenvalue weighted by atomic mass is 10.1. The standard InChI is InChI=1S/C19H20ClNO2/c1-23-18-7-3-2-5-16(18)6-4-14-21-19(22)13-10-15-8-11-17(20)12-9-15/h2-3,5,7-13H,4,6,14H2,1H3,(H,21,22)/b13-10+. The zero-order valence-electron chi connectivity index (χ0n) is 13.1. The second-order valence-corrected chi connectivity index (χ2v) is 5.53. The summed E-state index contributed by atoms with van der Waals surface area (Å²) in [4.78, 5) is 11.8. The largest absolute Gasteiger partial charge is 0.496 e. The quantitative estimate of drug-likeness (QED) is 0.613. The van der Waals surface area contributed by atoms with Crippen LogP contribution in [0.4, 0.5) is 0 Å². The number of nitrogens with one attached hydrogen (secondary N) is 1. The molecule has 23 heavy (non-hydrogen) atoms. The summed E-state index contributed by atoms with van der Waals surface area (Å²) in [6, 6.07) is 15.3. The minimum atomic E-state index is -0.0972. The maximum atomic E-state index is 11.8. The van der Waals surface area contributed by atoms with Gasteiger partial charge in [-0.1, -0.05) is 41.9 Å². The number of para-hydroxylation sites is 1. The van der Waals surface area contributed by atoms with Crippen molar-refractivity contribution < 1.29 is 9.53 Å². The van der Waals surface area contributed by atoms with Gasteiger partial charge in [0.2, 0.25) is 5.91 Å². The zero-order chi connectivity index (χ0) is 16.5. The van der Waals surface area contributed by atoms with Crippen LogP contribution in [0, 0.1) is 0 Å². The van der Waals surface area contributed by atoms with E-state index in [4.69, 9.17) is 16.3 Å². The van der Waals surface area contributed by atoms with Crippen LogP contribution in [0.5, 0.6) is 5.75 Å². The molecule has 1 amide bonds. The van der Waals surface area contributed by atoms with Crippen LogP contribution in [0.25, 0.3) is 6.08 Å². The molecule has 0 aliphatic heterocycles. The first kappa shape index (κ1) is 17.1. The molecule has 0 heterocycles. The Morgan fingerprint density at radius 1 is 1.17 bits per heavy atom. The summed E-state index contributed by atoms with van der Waals surface area (Å²) in [6.07, 6.45) is 5.03. The number of hydrogen-bond acceptors (Lipinski definition) is 2. The average Bonchev–Trinajstić information content (AvgIpc) is 2.58. The van der Waals surface area contributed by atoms with Gasteiger partial charge in [-0.2, -0.15) is 0 Å². The smallest absolute Gasteiger partial charge is 0.243 e. The maximum Gasteiger partial charge on any atom is 0.243 e. The van der Waals surface area contributed by atoms with E-state index >= 15 is 0 Å². The van der Waals surface area contributed by atoms with Gasteiger partial charge in [0.15, 0.2) is 0 Å². The fraction of sp³-hybridized carbons (Fsp3) is 0.211. The Kier molecular flexibility index (Phi) is 6.70. The molecule has 2 rings (SSSR count). The summed E-state index contributed by atoms with van der Waals surface area (Å²) in [5, 5.41) is 3.56. The zero-order valence-corrected chi connectivity index (χ0v) is 13.8. The molecule has 0 unspecified atom stereocenters. The minimum Gasteiger partial charge on any atom is -0.496 e. The van der Waals surface area contributed by atoms with Gasteiger partial charge in [0.05, 0.1) is 7.11 Å². The van der Waals surface area contributed by atoms with Crippen molar-refractivity contribution in [3.05, 3.63) is 70.8 Å². The van der Waals surface area contributed by atoms with Gasteiger partial charge in [0, 0.05) is 17.6 Å². The second kappa shape index (κ2) is 9.01. The monoisotopic (exact) mass is 329 g/mol. The van der Waals surface area contributed by atoms with E-state index in [1.54, 1.807) is 25.3 Å². The van der Waals surface area contributed by atoms with Crippen LogP contribution in [0.2, 0.25) is 5.02 Å². The molecule has 0 bridgehead atoms. The molecule has 4 heteroatoms. The number of halogens is 1. The summed E-state index contributed by atoms with van der Waals surface area (Å²) >= 11 is 5.82. The van der Waals surface area contributed by atoms with E-state index in [-0.39, 0.29) is 5.91 Å². The maximum absolute atomic E-state index is 11.8. The van der Waals surface area contributed by atoms with Crippen LogP contribution in [-0.4, -0.2) is 19.6 Å². The molecular weight excluding hydrogens is 310 g/mol. The summed E-state index contributed by atoms with van der Waals surface area (Å²) in [5.74, 6) is 0.793. The molecule has 2 aromatic carbocycles. The summed E-state index contributed by atoms with van der Waals surface area (Å²) < 4.78 is 5.31. The first-order valence-electron chi connectivity index (χ1n) is 7.52. The van der Waals surface area contributed by atoms with Crippen LogP contribution in [0.1, 0.15) is 17.5 Å². The van der Waals surface area contributed by atoms with Crippen molar-refractivity contribution >= 4 is 23.6 Å². The number of methoxy groups -OCH3 is 1. The van der Waals surface area contributed by atoms with Crippen LogP contribution < -0.4 is 10.1 Å². The van der Waals surface area contributed by atoms with E-state index in [2.05, 4.69) is 5.32 Å². The van der Waals surface area contributed by atoms with Gasteiger partial charge in [0.1, 0.15) is 5.75 Å². The number of benzene rings is 2. The third-order valence-electron chi connectivity index (χ3n) is 3.41. The van der Waals surface area contributed by atoms with E-state index in [1.807, 2.05) is 36.4 Å². The van der Waals surface area contributed by atoms with E-state index < -0.39 is 0 Å². The summed E-state index contributed by atoms with van der Waals surface area (Å²) in [5.41, 5.74) is 2.10. The third kappa shape index (κ3) is 5.80. The molecule has 0 spiro atoms. The molecule has 0 fully saturated rings. The molecule has 1 N–H and O–H groups in total. The Bertz CT molecular complexity index is 665. The highest BCUT2D eigenvalue weighted by Gasteiger charge is 2.01. The van der Waals surface area contributed by atoms with Gasteiger partial charge in [-0.3, -0.25) is 4.79 Å². The van der Waals surface area contributed by atoms with E-state index in [9.17, 15) is 4.79 Å². The fourth-order valence-corrected chi connectivity index (χ4v) is 2.33. The molecule has 0 saturated heterocycles. The van der Waals surface area contributed by atoms with E-state index in [0.29, 0.717) is 11.6 Å². The lowest BCUT2D eigenvalue weighted by molar-refractivity contribution is -0.116. The lowest BCUT2D eigenvalue weighted by Crippen LogP contribution is -2.22. The number of carbonyl (C=O) groups is 1. The number of carbonyl (C=O) groups excluding carboxylic acids is 1. The normalized spacial score (nSPS) is 10.7. The van der Waals surface area contributed by atoms with Crippen molar-refractivity contribution in [1.82, 2.24) is 5.32 Å². The van der Waals surface area contributed by atoms with Crippen molar-refractivity contribution in [1.29, 1.82) is 0 Å².